The molecular formula is C17H24BrN3. The molecule has 114 valence electrons. The first-order valence-corrected chi connectivity index (χ1v) is 8.44. The quantitative estimate of drug-likeness (QED) is 0.844. The van der Waals surface area contributed by atoms with Crippen LogP contribution >= 0.6 is 15.9 Å². The summed E-state index contributed by atoms with van der Waals surface area (Å²) in [5.41, 5.74) is 4.84. The van der Waals surface area contributed by atoms with Gasteiger partial charge in [-0.05, 0) is 36.6 Å². The number of rotatable bonds is 6. The highest BCUT2D eigenvalue weighted by atomic mass is 79.9. The molecule has 0 aliphatic heterocycles. The third kappa shape index (κ3) is 3.95. The van der Waals surface area contributed by atoms with Gasteiger partial charge in [0.2, 0.25) is 0 Å². The van der Waals surface area contributed by atoms with Crippen LogP contribution in [0.3, 0.4) is 0 Å². The maximum atomic E-state index is 4.77. The van der Waals surface area contributed by atoms with Crippen molar-refractivity contribution >= 4 is 15.9 Å². The van der Waals surface area contributed by atoms with Gasteiger partial charge >= 0.3 is 0 Å². The van der Waals surface area contributed by atoms with Gasteiger partial charge in [0.15, 0.2) is 0 Å². The highest BCUT2D eigenvalue weighted by Gasteiger charge is 2.12. The maximum absolute atomic E-state index is 4.77. The van der Waals surface area contributed by atoms with Crippen LogP contribution in [-0.2, 0) is 19.4 Å². The Kier molecular flexibility index (Phi) is 5.59. The summed E-state index contributed by atoms with van der Waals surface area (Å²) in [6.45, 7) is 9.51. The Morgan fingerprint density at radius 1 is 1.19 bits per heavy atom. The average Bonchev–Trinajstić information content (AvgIpc) is 2.89. The van der Waals surface area contributed by atoms with E-state index in [0.717, 1.165) is 35.2 Å². The van der Waals surface area contributed by atoms with Crippen molar-refractivity contribution in [1.82, 2.24) is 15.1 Å². The van der Waals surface area contributed by atoms with Crippen LogP contribution in [0.25, 0.3) is 5.69 Å². The zero-order valence-corrected chi connectivity index (χ0v) is 14.9. The van der Waals surface area contributed by atoms with Gasteiger partial charge in [0, 0.05) is 22.8 Å². The lowest BCUT2D eigenvalue weighted by Crippen LogP contribution is -2.23. The molecule has 21 heavy (non-hydrogen) atoms. The van der Waals surface area contributed by atoms with E-state index in [0.29, 0.717) is 6.04 Å². The van der Waals surface area contributed by atoms with Crippen molar-refractivity contribution in [3.8, 4) is 5.69 Å². The van der Waals surface area contributed by atoms with E-state index in [-0.39, 0.29) is 0 Å². The summed E-state index contributed by atoms with van der Waals surface area (Å²) in [6.07, 6.45) is 1.95. The third-order valence-corrected chi connectivity index (χ3v) is 4.03. The predicted octanol–water partition coefficient (Wildman–Crippen LogP) is 4.26. The Morgan fingerprint density at radius 3 is 2.57 bits per heavy atom. The highest BCUT2D eigenvalue weighted by Crippen LogP contribution is 2.23. The minimum atomic E-state index is 0.468. The SMILES string of the molecule is CCc1cc(CC)n(-c2cc(Br)ccc2CNC(C)C)n1. The molecule has 0 atom stereocenters. The van der Waals surface area contributed by atoms with Gasteiger partial charge in [-0.3, -0.25) is 0 Å². The molecule has 0 saturated heterocycles. The normalized spacial score (nSPS) is 11.3. The summed E-state index contributed by atoms with van der Waals surface area (Å²) in [6, 6.07) is 9.10. The molecule has 2 rings (SSSR count). The van der Waals surface area contributed by atoms with Gasteiger partial charge < -0.3 is 5.32 Å². The summed E-state index contributed by atoms with van der Waals surface area (Å²) < 4.78 is 3.18. The van der Waals surface area contributed by atoms with Crippen molar-refractivity contribution in [1.29, 1.82) is 0 Å². The molecule has 1 N–H and O–H groups in total. The van der Waals surface area contributed by atoms with Crippen LogP contribution in [0.15, 0.2) is 28.7 Å². The Morgan fingerprint density at radius 2 is 1.95 bits per heavy atom. The minimum Gasteiger partial charge on any atom is -0.310 e. The van der Waals surface area contributed by atoms with Gasteiger partial charge in [0.25, 0.3) is 0 Å². The van der Waals surface area contributed by atoms with E-state index in [2.05, 4.69) is 77.9 Å². The summed E-state index contributed by atoms with van der Waals surface area (Å²) >= 11 is 3.58. The lowest BCUT2D eigenvalue weighted by atomic mass is 10.1. The number of halogens is 1. The molecule has 1 heterocycles. The van der Waals surface area contributed by atoms with Crippen molar-refractivity contribution in [2.75, 3.05) is 0 Å². The number of hydrogen-bond donors (Lipinski definition) is 1. The van der Waals surface area contributed by atoms with Gasteiger partial charge in [0.05, 0.1) is 11.4 Å². The smallest absolute Gasteiger partial charge is 0.0705 e. The van der Waals surface area contributed by atoms with Gasteiger partial charge in [0.1, 0.15) is 0 Å². The number of hydrogen-bond acceptors (Lipinski definition) is 2. The zero-order valence-electron chi connectivity index (χ0n) is 13.3. The molecule has 1 aromatic heterocycles. The van der Waals surface area contributed by atoms with Crippen molar-refractivity contribution in [3.05, 3.63) is 45.7 Å². The predicted molar refractivity (Wildman–Crippen MR) is 92.0 cm³/mol. The number of nitrogens with zero attached hydrogens (tertiary/aromatic N) is 2. The van der Waals surface area contributed by atoms with Gasteiger partial charge in [-0.15, -0.1) is 0 Å². The first-order chi connectivity index (χ1) is 10.0. The molecule has 1 aromatic carbocycles. The molecule has 4 heteroatoms. The molecule has 0 aliphatic rings. The third-order valence-electron chi connectivity index (χ3n) is 3.53. The number of aromatic nitrogens is 2. The fourth-order valence-corrected chi connectivity index (χ4v) is 2.65. The molecule has 0 saturated carbocycles. The van der Waals surface area contributed by atoms with Crippen LogP contribution in [0.2, 0.25) is 0 Å². The monoisotopic (exact) mass is 349 g/mol. The topological polar surface area (TPSA) is 29.9 Å². The van der Waals surface area contributed by atoms with Gasteiger partial charge in [-0.2, -0.15) is 5.10 Å². The standard InChI is InChI=1S/C17H24BrN3/c1-5-15-10-16(6-2)21(20-15)17-9-14(18)8-7-13(17)11-19-12(3)4/h7-10,12,19H,5-6,11H2,1-4H3. The molecule has 0 fully saturated rings. The van der Waals surface area contributed by atoms with E-state index < -0.39 is 0 Å². The van der Waals surface area contributed by atoms with Crippen LogP contribution in [-0.4, -0.2) is 15.8 Å². The van der Waals surface area contributed by atoms with Crippen LogP contribution in [0.5, 0.6) is 0 Å². The summed E-state index contributed by atoms with van der Waals surface area (Å²) in [7, 11) is 0. The number of nitrogens with one attached hydrogen (secondary N) is 1. The van der Waals surface area contributed by atoms with E-state index in [1.807, 2.05) is 0 Å². The second-order valence-corrected chi connectivity index (χ2v) is 6.47. The fraction of sp³-hybridized carbons (Fsp3) is 0.471. The minimum absolute atomic E-state index is 0.468. The van der Waals surface area contributed by atoms with E-state index in [1.54, 1.807) is 0 Å². The van der Waals surface area contributed by atoms with Crippen molar-refractivity contribution in [3.63, 3.8) is 0 Å². The Balaban J connectivity index is 2.46. The van der Waals surface area contributed by atoms with E-state index in [1.165, 1.54) is 11.3 Å². The molecule has 0 aliphatic carbocycles. The molecule has 0 unspecified atom stereocenters. The van der Waals surface area contributed by atoms with Crippen LogP contribution in [0.4, 0.5) is 0 Å². The van der Waals surface area contributed by atoms with Crippen molar-refractivity contribution in [2.24, 2.45) is 0 Å². The van der Waals surface area contributed by atoms with E-state index >= 15 is 0 Å². The van der Waals surface area contributed by atoms with E-state index in [4.69, 9.17) is 5.10 Å². The summed E-state index contributed by atoms with van der Waals surface area (Å²) in [4.78, 5) is 0. The number of aryl methyl sites for hydroxylation is 2. The Bertz CT molecular complexity index is 602. The highest BCUT2D eigenvalue weighted by molar-refractivity contribution is 9.10. The maximum Gasteiger partial charge on any atom is 0.0705 e. The largest absolute Gasteiger partial charge is 0.310 e. The lowest BCUT2D eigenvalue weighted by Gasteiger charge is -2.15. The zero-order chi connectivity index (χ0) is 15.4. The molecule has 0 spiro atoms. The van der Waals surface area contributed by atoms with Gasteiger partial charge in [-0.1, -0.05) is 49.7 Å². The second kappa shape index (κ2) is 7.23. The lowest BCUT2D eigenvalue weighted by molar-refractivity contribution is 0.586. The summed E-state index contributed by atoms with van der Waals surface area (Å²) in [5.74, 6) is 0. The average molecular weight is 350 g/mol. The number of benzene rings is 1. The van der Waals surface area contributed by atoms with Crippen LogP contribution < -0.4 is 5.32 Å². The molecule has 3 nitrogen and oxygen atoms in total. The first-order valence-electron chi connectivity index (χ1n) is 7.65. The first kappa shape index (κ1) is 16.2. The summed E-state index contributed by atoms with van der Waals surface area (Å²) in [5, 5.41) is 8.26. The van der Waals surface area contributed by atoms with Crippen LogP contribution in [0.1, 0.15) is 44.6 Å². The van der Waals surface area contributed by atoms with Crippen molar-refractivity contribution < 1.29 is 0 Å². The molecule has 0 bridgehead atoms. The Labute approximate surface area is 135 Å². The van der Waals surface area contributed by atoms with Crippen LogP contribution in [0, 0.1) is 0 Å². The molecule has 0 amide bonds. The van der Waals surface area contributed by atoms with Crippen molar-refractivity contribution in [2.45, 2.75) is 53.1 Å². The fourth-order valence-electron chi connectivity index (χ4n) is 2.31. The molecular weight excluding hydrogens is 326 g/mol. The van der Waals surface area contributed by atoms with Gasteiger partial charge in [-0.25, -0.2) is 4.68 Å². The second-order valence-electron chi connectivity index (χ2n) is 5.55. The Hall–Kier alpha value is -1.13. The molecule has 2 aromatic rings. The van der Waals surface area contributed by atoms with E-state index in [9.17, 15) is 0 Å². The molecule has 0 radical (unpaired) electrons.